The number of aliphatic hydroxyl groups excluding tert-OH is 1. The van der Waals surface area contributed by atoms with E-state index in [-0.39, 0.29) is 37.5 Å². The number of nitrogens with zero attached hydrogens (tertiary/aromatic N) is 2. The second-order valence-corrected chi connectivity index (χ2v) is 10.7. The van der Waals surface area contributed by atoms with Crippen molar-refractivity contribution in [1.29, 1.82) is 0 Å². The average molecular weight is 533 g/mol. The number of rotatable bonds is 10. The van der Waals surface area contributed by atoms with Crippen molar-refractivity contribution < 1.29 is 29.0 Å². The van der Waals surface area contributed by atoms with Crippen LogP contribution in [0.1, 0.15) is 45.6 Å². The summed E-state index contributed by atoms with van der Waals surface area (Å²) in [7, 11) is 0. The average Bonchev–Trinajstić information content (AvgIpc) is 3.51. The number of amides is 2. The number of hydrogen-bond acceptors (Lipinski definition) is 6. The van der Waals surface area contributed by atoms with E-state index in [1.165, 1.54) is 4.90 Å². The minimum atomic E-state index is -1.19. The number of esters is 1. The summed E-state index contributed by atoms with van der Waals surface area (Å²) < 4.78 is 11.8. The summed E-state index contributed by atoms with van der Waals surface area (Å²) in [5.41, 5.74) is 0.153. The summed E-state index contributed by atoms with van der Waals surface area (Å²) >= 11 is 6.58. The van der Waals surface area contributed by atoms with E-state index in [0.29, 0.717) is 30.0 Å². The third kappa shape index (κ3) is 4.27. The summed E-state index contributed by atoms with van der Waals surface area (Å²) in [5.74, 6) is -2.91. The molecular formula is C28H37ClN2O6. The molecule has 1 aromatic rings. The minimum absolute atomic E-state index is 0.0902. The van der Waals surface area contributed by atoms with Gasteiger partial charge in [-0.3, -0.25) is 14.4 Å². The van der Waals surface area contributed by atoms with E-state index in [1.54, 1.807) is 24.0 Å². The lowest BCUT2D eigenvalue weighted by atomic mass is 9.70. The number of benzene rings is 1. The van der Waals surface area contributed by atoms with Crippen LogP contribution in [0.5, 0.6) is 0 Å². The molecule has 37 heavy (non-hydrogen) atoms. The van der Waals surface area contributed by atoms with Crippen LogP contribution in [0.15, 0.2) is 30.9 Å². The molecule has 2 bridgehead atoms. The van der Waals surface area contributed by atoms with Gasteiger partial charge < -0.3 is 24.4 Å². The molecule has 3 fully saturated rings. The van der Waals surface area contributed by atoms with Crippen molar-refractivity contribution in [2.45, 2.75) is 70.7 Å². The van der Waals surface area contributed by atoms with E-state index in [0.717, 1.165) is 5.56 Å². The zero-order valence-corrected chi connectivity index (χ0v) is 22.7. The van der Waals surface area contributed by atoms with Crippen molar-refractivity contribution in [2.24, 2.45) is 17.8 Å². The summed E-state index contributed by atoms with van der Waals surface area (Å²) in [4.78, 5) is 44.9. The van der Waals surface area contributed by atoms with Crippen LogP contribution in [0, 0.1) is 24.7 Å². The summed E-state index contributed by atoms with van der Waals surface area (Å²) in [6, 6.07) is 3.75. The Bertz CT molecular complexity index is 1060. The topological polar surface area (TPSA) is 96.4 Å². The number of carbonyl (C=O) groups excluding carboxylic acids is 3. The van der Waals surface area contributed by atoms with Gasteiger partial charge in [0.25, 0.3) is 5.91 Å². The number of likely N-dealkylation sites (tertiary alicyclic amines) is 1. The highest BCUT2D eigenvalue weighted by Gasteiger charge is 2.75. The van der Waals surface area contributed by atoms with Crippen LogP contribution < -0.4 is 4.90 Å². The maximum atomic E-state index is 14.6. The maximum absolute atomic E-state index is 14.6. The van der Waals surface area contributed by atoms with Gasteiger partial charge in [-0.25, -0.2) is 0 Å². The van der Waals surface area contributed by atoms with Gasteiger partial charge in [-0.2, -0.15) is 0 Å². The molecular weight excluding hydrogens is 496 g/mol. The van der Waals surface area contributed by atoms with Crippen molar-refractivity contribution in [3.63, 3.8) is 0 Å². The van der Waals surface area contributed by atoms with E-state index in [4.69, 9.17) is 21.1 Å². The van der Waals surface area contributed by atoms with Gasteiger partial charge >= 0.3 is 5.97 Å². The fourth-order valence-electron chi connectivity index (χ4n) is 6.58. The zero-order valence-electron chi connectivity index (χ0n) is 22.0. The number of aliphatic hydroxyl groups is 1. The lowest BCUT2D eigenvalue weighted by molar-refractivity contribution is -0.155. The van der Waals surface area contributed by atoms with E-state index in [9.17, 15) is 19.5 Å². The van der Waals surface area contributed by atoms with Gasteiger partial charge in [0.15, 0.2) is 0 Å². The third-order valence-electron chi connectivity index (χ3n) is 8.41. The summed E-state index contributed by atoms with van der Waals surface area (Å²) in [5, 5.41) is 10.9. The number of anilines is 1. The first-order valence-corrected chi connectivity index (χ1v) is 13.5. The van der Waals surface area contributed by atoms with Gasteiger partial charge in [-0.15, -0.1) is 6.58 Å². The molecule has 9 heteroatoms. The van der Waals surface area contributed by atoms with Crippen LogP contribution in [0.4, 0.5) is 5.69 Å². The van der Waals surface area contributed by atoms with Gasteiger partial charge in [0.05, 0.1) is 47.9 Å². The molecule has 2 amide bonds. The number of halogens is 1. The molecule has 2 unspecified atom stereocenters. The Hall–Kier alpha value is -2.42. The van der Waals surface area contributed by atoms with Crippen molar-refractivity contribution in [2.75, 3.05) is 24.7 Å². The predicted molar refractivity (Wildman–Crippen MR) is 140 cm³/mol. The first-order valence-electron chi connectivity index (χ1n) is 13.1. The Morgan fingerprint density at radius 2 is 2.14 bits per heavy atom. The predicted octanol–water partition coefficient (Wildman–Crippen LogP) is 3.51. The number of fused-ring (bicyclic) bond motifs is 1. The zero-order chi connectivity index (χ0) is 27.1. The van der Waals surface area contributed by atoms with E-state index < -0.39 is 41.6 Å². The molecule has 0 aromatic heterocycles. The number of ether oxygens (including phenoxy) is 2. The first kappa shape index (κ1) is 27.6. The molecule has 0 saturated carbocycles. The first-order chi connectivity index (χ1) is 17.7. The highest BCUT2D eigenvalue weighted by Crippen LogP contribution is 2.59. The molecule has 0 aliphatic carbocycles. The number of carbonyl (C=O) groups is 3. The van der Waals surface area contributed by atoms with Crippen LogP contribution in [0.2, 0.25) is 5.02 Å². The molecule has 3 heterocycles. The SMILES string of the molecule is C=CCN(C(=O)C1N([C@@H](CO)[C@@H](C)CC)C(=O)[C@@H]2[C@@H](C(=O)OCC)[C@H]3CCC12O3)c1c(C)cccc1Cl. The fourth-order valence-corrected chi connectivity index (χ4v) is 6.91. The smallest absolute Gasteiger partial charge is 0.312 e. The van der Waals surface area contributed by atoms with Crippen LogP contribution in [-0.2, 0) is 23.9 Å². The largest absolute Gasteiger partial charge is 0.466 e. The van der Waals surface area contributed by atoms with Gasteiger partial charge in [-0.05, 0) is 44.2 Å². The second-order valence-electron chi connectivity index (χ2n) is 10.3. The molecule has 8 nitrogen and oxygen atoms in total. The Labute approximate surface area is 223 Å². The molecule has 3 aliphatic rings. The second kappa shape index (κ2) is 10.8. The molecule has 1 aromatic carbocycles. The van der Waals surface area contributed by atoms with Gasteiger partial charge in [0.2, 0.25) is 5.91 Å². The Morgan fingerprint density at radius 1 is 1.41 bits per heavy atom. The van der Waals surface area contributed by atoms with Crippen LogP contribution in [-0.4, -0.2) is 71.3 Å². The normalized spacial score (nSPS) is 29.7. The Kier molecular flexibility index (Phi) is 8.02. The lowest BCUT2D eigenvalue weighted by Gasteiger charge is -2.41. The van der Waals surface area contributed by atoms with E-state index >= 15 is 0 Å². The quantitative estimate of drug-likeness (QED) is 0.366. The van der Waals surface area contributed by atoms with E-state index in [2.05, 4.69) is 6.58 Å². The Morgan fingerprint density at radius 3 is 2.73 bits per heavy atom. The van der Waals surface area contributed by atoms with Crippen molar-refractivity contribution >= 4 is 35.1 Å². The molecule has 7 atom stereocenters. The summed E-state index contributed by atoms with van der Waals surface area (Å²) in [6.07, 6.45) is 2.82. The van der Waals surface area contributed by atoms with Gasteiger partial charge in [0, 0.05) is 6.54 Å². The number of aryl methyl sites for hydroxylation is 1. The van der Waals surface area contributed by atoms with Crippen molar-refractivity contribution in [1.82, 2.24) is 4.90 Å². The molecule has 202 valence electrons. The van der Waals surface area contributed by atoms with Crippen molar-refractivity contribution in [3.8, 4) is 0 Å². The van der Waals surface area contributed by atoms with Gasteiger partial charge in [0.1, 0.15) is 11.6 Å². The van der Waals surface area contributed by atoms with Crippen molar-refractivity contribution in [3.05, 3.63) is 41.4 Å². The molecule has 0 radical (unpaired) electrons. The molecule has 1 spiro atoms. The van der Waals surface area contributed by atoms with Crippen LogP contribution in [0.3, 0.4) is 0 Å². The molecule has 3 saturated heterocycles. The van der Waals surface area contributed by atoms with Crippen LogP contribution >= 0.6 is 11.6 Å². The number of para-hydroxylation sites is 1. The lowest BCUT2D eigenvalue weighted by Crippen LogP contribution is -2.60. The fraction of sp³-hybridized carbons (Fsp3) is 0.607. The highest BCUT2D eigenvalue weighted by molar-refractivity contribution is 6.34. The van der Waals surface area contributed by atoms with Gasteiger partial charge in [-0.1, -0.05) is 50.1 Å². The molecule has 4 rings (SSSR count). The number of hydrogen-bond donors (Lipinski definition) is 1. The van der Waals surface area contributed by atoms with Crippen LogP contribution in [0.25, 0.3) is 0 Å². The Balaban J connectivity index is 1.87. The molecule has 3 aliphatic heterocycles. The monoisotopic (exact) mass is 532 g/mol. The molecule has 1 N–H and O–H groups in total. The summed E-state index contributed by atoms with van der Waals surface area (Å²) in [6.45, 7) is 11.4. The maximum Gasteiger partial charge on any atom is 0.312 e. The highest BCUT2D eigenvalue weighted by atomic mass is 35.5. The standard InChI is InChI=1S/C28H37ClN2O6/c1-6-14-30(23-17(5)10-9-11-18(23)29)26(34)24-28-13-12-20(37-28)21(27(35)36-8-3)22(28)25(33)31(24)19(15-32)16(4)7-2/h6,9-11,16,19-22,24,32H,1,7-8,12-15H2,2-5H3/t16-,19-,20+,21-,22-,24?,28?/m0/s1. The minimum Gasteiger partial charge on any atom is -0.466 e. The van der Waals surface area contributed by atoms with E-state index in [1.807, 2.05) is 32.9 Å². The third-order valence-corrected chi connectivity index (χ3v) is 8.72.